The molecule has 0 saturated carbocycles. The second-order valence-corrected chi connectivity index (χ2v) is 10.7. The number of allylic oxidation sites excluding steroid dienone is 2. The minimum Gasteiger partial charge on any atom is -0.508 e. The van der Waals surface area contributed by atoms with Crippen LogP contribution in [-0.4, -0.2) is 42.0 Å². The summed E-state index contributed by atoms with van der Waals surface area (Å²) in [5.41, 5.74) is 6.44. The highest BCUT2D eigenvalue weighted by molar-refractivity contribution is 6.30. The average molecular weight is 474 g/mol. The van der Waals surface area contributed by atoms with Crippen LogP contribution in [0.2, 0.25) is 0 Å². The number of carbonyl (C=O) groups is 1. The van der Waals surface area contributed by atoms with E-state index in [9.17, 15) is 9.90 Å². The molecule has 4 nitrogen and oxygen atoms in total. The molecule has 0 spiro atoms. The number of benzene rings is 2. The first-order chi connectivity index (χ1) is 17.0. The van der Waals surface area contributed by atoms with E-state index in [2.05, 4.69) is 24.0 Å². The molecule has 0 radical (unpaired) electrons. The highest BCUT2D eigenvalue weighted by Crippen LogP contribution is 2.59. The number of likely N-dealkylation sites (tertiary alicyclic amines) is 1. The summed E-state index contributed by atoms with van der Waals surface area (Å²) in [5.74, 6) is 1.46. The van der Waals surface area contributed by atoms with Crippen LogP contribution in [-0.2, 0) is 11.2 Å². The number of fused-ring (bicyclic) bond motifs is 3. The Labute approximate surface area is 210 Å². The van der Waals surface area contributed by atoms with Gasteiger partial charge in [0.2, 0.25) is 0 Å². The maximum atomic E-state index is 13.4. The molecule has 4 heteroatoms. The van der Waals surface area contributed by atoms with Gasteiger partial charge >= 0.3 is 0 Å². The summed E-state index contributed by atoms with van der Waals surface area (Å²) in [6.45, 7) is 8.27. The minimum atomic E-state index is -0.0102. The Morgan fingerprint density at radius 2 is 1.83 bits per heavy atom. The van der Waals surface area contributed by atoms with Crippen molar-refractivity contribution in [2.45, 2.75) is 71.6 Å². The number of hydrogen-bond donors (Lipinski definition) is 1. The Morgan fingerprint density at radius 3 is 2.57 bits per heavy atom. The van der Waals surface area contributed by atoms with Crippen LogP contribution in [0, 0.1) is 12.3 Å². The molecule has 1 N–H and O–H groups in total. The van der Waals surface area contributed by atoms with E-state index in [-0.39, 0.29) is 11.2 Å². The molecule has 1 unspecified atom stereocenters. The van der Waals surface area contributed by atoms with E-state index in [1.165, 1.54) is 49.1 Å². The van der Waals surface area contributed by atoms with Crippen molar-refractivity contribution in [1.82, 2.24) is 4.90 Å². The van der Waals surface area contributed by atoms with Crippen molar-refractivity contribution < 1.29 is 14.6 Å². The molecule has 3 aliphatic rings. The molecule has 1 aliphatic heterocycles. The van der Waals surface area contributed by atoms with Gasteiger partial charge in [0, 0.05) is 24.0 Å². The zero-order valence-corrected chi connectivity index (χ0v) is 21.4. The van der Waals surface area contributed by atoms with Gasteiger partial charge in [0.05, 0.1) is 0 Å². The second-order valence-electron chi connectivity index (χ2n) is 10.7. The first kappa shape index (κ1) is 24.1. The number of Topliss-reactive ketones (excluding diaryl/α,β-unsaturated/α-hetero) is 1. The Hall–Kier alpha value is -2.59. The van der Waals surface area contributed by atoms with Crippen LogP contribution in [0.15, 0.2) is 36.4 Å². The number of aromatic hydroxyl groups is 1. The first-order valence-electron chi connectivity index (χ1n) is 13.6. The number of piperidine rings is 1. The van der Waals surface area contributed by atoms with Crippen LogP contribution in [0.4, 0.5) is 0 Å². The predicted molar refractivity (Wildman–Crippen MR) is 142 cm³/mol. The average Bonchev–Trinajstić information content (AvgIpc) is 3.22. The van der Waals surface area contributed by atoms with E-state index in [4.69, 9.17) is 4.74 Å². The van der Waals surface area contributed by atoms with Crippen LogP contribution >= 0.6 is 0 Å². The van der Waals surface area contributed by atoms with E-state index < -0.39 is 0 Å². The van der Waals surface area contributed by atoms with E-state index in [1.54, 1.807) is 6.07 Å². The standard InChI is InChI=1S/C31H39NO3/c1-3-4-15-31-16-14-28(34)29(30(31)25-12-13-27(33)22(2)26(25)21-31)23-8-10-24(11-9-23)35-20-19-32-17-6-5-7-18-32/h8-13,33H,3-7,14-21H2,1-2H3. The molecule has 186 valence electrons. The quantitative estimate of drug-likeness (QED) is 0.471. The van der Waals surface area contributed by atoms with Crippen molar-refractivity contribution in [3.05, 3.63) is 58.7 Å². The number of phenolic OH excluding ortho intramolecular Hbond substituents is 1. The maximum absolute atomic E-state index is 13.4. The summed E-state index contributed by atoms with van der Waals surface area (Å²) in [6, 6.07) is 12.0. The van der Waals surface area contributed by atoms with Gasteiger partial charge in [-0.1, -0.05) is 44.4 Å². The molecule has 2 aliphatic carbocycles. The number of nitrogens with zero attached hydrogens (tertiary/aromatic N) is 1. The van der Waals surface area contributed by atoms with Gasteiger partial charge in [-0.15, -0.1) is 0 Å². The molecule has 2 aromatic rings. The summed E-state index contributed by atoms with van der Waals surface area (Å²) in [7, 11) is 0. The maximum Gasteiger partial charge on any atom is 0.163 e. The lowest BCUT2D eigenvalue weighted by Gasteiger charge is -2.36. The van der Waals surface area contributed by atoms with Crippen molar-refractivity contribution in [3.8, 4) is 11.5 Å². The zero-order chi connectivity index (χ0) is 24.4. The highest BCUT2D eigenvalue weighted by Gasteiger charge is 2.47. The number of carbonyl (C=O) groups excluding carboxylic acids is 1. The Morgan fingerprint density at radius 1 is 1.06 bits per heavy atom. The van der Waals surface area contributed by atoms with Gasteiger partial charge in [-0.3, -0.25) is 9.69 Å². The number of hydrogen-bond acceptors (Lipinski definition) is 4. The normalized spacial score (nSPS) is 22.3. The predicted octanol–water partition coefficient (Wildman–Crippen LogP) is 6.57. The minimum absolute atomic E-state index is 0.0102. The van der Waals surface area contributed by atoms with Gasteiger partial charge in [0.25, 0.3) is 0 Å². The third-order valence-corrected chi connectivity index (χ3v) is 8.52. The van der Waals surface area contributed by atoms with Gasteiger partial charge in [-0.2, -0.15) is 0 Å². The second kappa shape index (κ2) is 10.2. The van der Waals surface area contributed by atoms with E-state index in [1.807, 2.05) is 25.1 Å². The molecule has 0 amide bonds. The van der Waals surface area contributed by atoms with Crippen LogP contribution in [0.1, 0.15) is 80.5 Å². The fourth-order valence-corrected chi connectivity index (χ4v) is 6.50. The summed E-state index contributed by atoms with van der Waals surface area (Å²) in [4.78, 5) is 15.9. The van der Waals surface area contributed by atoms with Crippen molar-refractivity contribution in [3.63, 3.8) is 0 Å². The number of phenols is 1. The zero-order valence-electron chi connectivity index (χ0n) is 21.4. The topological polar surface area (TPSA) is 49.8 Å². The molecule has 2 aromatic carbocycles. The summed E-state index contributed by atoms with van der Waals surface area (Å²) < 4.78 is 6.05. The summed E-state index contributed by atoms with van der Waals surface area (Å²) >= 11 is 0. The SMILES string of the molecule is CCCCC12CCC(=O)C(c3ccc(OCCN4CCCCC4)cc3)=C1c1ccc(O)c(C)c1C2. The Kier molecular flexibility index (Phi) is 7.02. The molecule has 0 aromatic heterocycles. The third kappa shape index (κ3) is 4.65. The van der Waals surface area contributed by atoms with Crippen molar-refractivity contribution in [2.75, 3.05) is 26.2 Å². The van der Waals surface area contributed by atoms with E-state index in [0.29, 0.717) is 18.8 Å². The molecular weight excluding hydrogens is 434 g/mol. The molecule has 0 bridgehead atoms. The molecular formula is C31H39NO3. The molecule has 35 heavy (non-hydrogen) atoms. The first-order valence-corrected chi connectivity index (χ1v) is 13.6. The number of ether oxygens (including phenoxy) is 1. The fourth-order valence-electron chi connectivity index (χ4n) is 6.50. The summed E-state index contributed by atoms with van der Waals surface area (Å²) in [5, 5.41) is 10.4. The van der Waals surface area contributed by atoms with Crippen LogP contribution < -0.4 is 4.74 Å². The van der Waals surface area contributed by atoms with Gasteiger partial charge < -0.3 is 9.84 Å². The summed E-state index contributed by atoms with van der Waals surface area (Å²) in [6.07, 6.45) is 9.72. The lowest BCUT2D eigenvalue weighted by molar-refractivity contribution is -0.114. The number of unbranched alkanes of at least 4 members (excludes halogenated alkanes) is 1. The largest absolute Gasteiger partial charge is 0.508 e. The smallest absolute Gasteiger partial charge is 0.163 e. The van der Waals surface area contributed by atoms with Gasteiger partial charge in [-0.05, 0) is 98.1 Å². The van der Waals surface area contributed by atoms with E-state index >= 15 is 0 Å². The fraction of sp³-hybridized carbons (Fsp3) is 0.516. The Balaban J connectivity index is 1.45. The molecule has 1 atom stereocenters. The number of ketones is 1. The van der Waals surface area contributed by atoms with Gasteiger partial charge in [-0.25, -0.2) is 0 Å². The van der Waals surface area contributed by atoms with Crippen molar-refractivity contribution in [2.24, 2.45) is 5.41 Å². The third-order valence-electron chi connectivity index (χ3n) is 8.52. The lowest BCUT2D eigenvalue weighted by atomic mass is 9.66. The lowest BCUT2D eigenvalue weighted by Crippen LogP contribution is -2.33. The van der Waals surface area contributed by atoms with Crippen molar-refractivity contribution in [1.29, 1.82) is 0 Å². The monoisotopic (exact) mass is 473 g/mol. The molecule has 1 saturated heterocycles. The molecule has 1 heterocycles. The van der Waals surface area contributed by atoms with Crippen LogP contribution in [0.25, 0.3) is 11.1 Å². The molecule has 1 fully saturated rings. The van der Waals surface area contributed by atoms with Crippen LogP contribution in [0.3, 0.4) is 0 Å². The highest BCUT2D eigenvalue weighted by atomic mass is 16.5. The van der Waals surface area contributed by atoms with Crippen molar-refractivity contribution >= 4 is 16.9 Å². The molecule has 5 rings (SSSR count). The number of rotatable bonds is 8. The van der Waals surface area contributed by atoms with Gasteiger partial charge in [0.1, 0.15) is 18.1 Å². The van der Waals surface area contributed by atoms with Crippen LogP contribution in [0.5, 0.6) is 11.5 Å². The van der Waals surface area contributed by atoms with Gasteiger partial charge in [0.15, 0.2) is 5.78 Å². The Bertz CT molecular complexity index is 1110. The van der Waals surface area contributed by atoms with E-state index in [0.717, 1.165) is 61.1 Å².